The van der Waals surface area contributed by atoms with Gasteiger partial charge in [0.2, 0.25) is 5.91 Å². The van der Waals surface area contributed by atoms with E-state index in [9.17, 15) is 4.79 Å². The van der Waals surface area contributed by atoms with Gasteiger partial charge in [0.05, 0.1) is 23.4 Å². The quantitative estimate of drug-likeness (QED) is 0.768. The van der Waals surface area contributed by atoms with Crippen LogP contribution in [0.25, 0.3) is 11.0 Å². The zero-order valence-corrected chi connectivity index (χ0v) is 14.5. The van der Waals surface area contributed by atoms with E-state index < -0.39 is 0 Å². The fourth-order valence-corrected chi connectivity index (χ4v) is 3.59. The molecule has 134 valence electrons. The number of aromatic nitrogens is 3. The first-order valence-corrected chi connectivity index (χ1v) is 8.98. The number of fused-ring (bicyclic) bond motifs is 1. The summed E-state index contributed by atoms with van der Waals surface area (Å²) < 4.78 is 7.37. The molecule has 6 heteroatoms. The van der Waals surface area contributed by atoms with Gasteiger partial charge in [-0.3, -0.25) is 9.78 Å². The molecule has 3 heterocycles. The van der Waals surface area contributed by atoms with Gasteiger partial charge in [0.1, 0.15) is 6.54 Å². The van der Waals surface area contributed by atoms with Crippen LogP contribution in [0.3, 0.4) is 0 Å². The van der Waals surface area contributed by atoms with E-state index in [1.807, 2.05) is 47.2 Å². The molecule has 1 aromatic carbocycles. The fourth-order valence-electron chi connectivity index (χ4n) is 3.59. The fraction of sp³-hybridized carbons (Fsp3) is 0.350. The van der Waals surface area contributed by atoms with Crippen LogP contribution in [0, 0.1) is 5.92 Å². The summed E-state index contributed by atoms with van der Waals surface area (Å²) in [6, 6.07) is 11.7. The summed E-state index contributed by atoms with van der Waals surface area (Å²) >= 11 is 0. The van der Waals surface area contributed by atoms with E-state index in [-0.39, 0.29) is 18.5 Å². The predicted octanol–water partition coefficient (Wildman–Crippen LogP) is 2.72. The maximum absolute atomic E-state index is 12.8. The third kappa shape index (κ3) is 3.60. The van der Waals surface area contributed by atoms with Crippen molar-refractivity contribution in [2.75, 3.05) is 13.2 Å². The van der Waals surface area contributed by atoms with Crippen LogP contribution in [0.15, 0.2) is 55.1 Å². The van der Waals surface area contributed by atoms with Crippen LogP contribution in [-0.4, -0.2) is 33.7 Å². The number of hydrogen-bond donors (Lipinski definition) is 1. The Hall–Kier alpha value is -2.73. The molecule has 1 unspecified atom stereocenters. The van der Waals surface area contributed by atoms with Crippen molar-refractivity contribution in [1.82, 2.24) is 19.9 Å². The second kappa shape index (κ2) is 7.66. The van der Waals surface area contributed by atoms with Gasteiger partial charge in [-0.15, -0.1) is 0 Å². The topological polar surface area (TPSA) is 69.0 Å². The summed E-state index contributed by atoms with van der Waals surface area (Å²) in [5.74, 6) is 0.338. The minimum absolute atomic E-state index is 0.0199. The number of carbonyl (C=O) groups excluding carboxylic acids is 1. The molecule has 1 atom stereocenters. The number of pyridine rings is 1. The molecule has 6 nitrogen and oxygen atoms in total. The number of para-hydroxylation sites is 2. The highest BCUT2D eigenvalue weighted by Gasteiger charge is 2.27. The smallest absolute Gasteiger partial charge is 0.240 e. The molecular weight excluding hydrogens is 328 g/mol. The number of benzene rings is 1. The number of amides is 1. The highest BCUT2D eigenvalue weighted by atomic mass is 16.5. The van der Waals surface area contributed by atoms with E-state index >= 15 is 0 Å². The lowest BCUT2D eigenvalue weighted by Gasteiger charge is -2.31. The zero-order valence-electron chi connectivity index (χ0n) is 14.5. The molecule has 4 rings (SSSR count). The number of hydrogen-bond acceptors (Lipinski definition) is 4. The summed E-state index contributed by atoms with van der Waals surface area (Å²) in [7, 11) is 0. The van der Waals surface area contributed by atoms with E-state index in [2.05, 4.69) is 15.3 Å². The average molecular weight is 350 g/mol. The van der Waals surface area contributed by atoms with Gasteiger partial charge in [-0.2, -0.15) is 0 Å². The lowest BCUT2D eigenvalue weighted by atomic mass is 9.87. The van der Waals surface area contributed by atoms with E-state index in [1.165, 1.54) is 0 Å². The molecule has 0 radical (unpaired) electrons. The Bertz CT molecular complexity index is 872. The molecule has 1 aliphatic heterocycles. The van der Waals surface area contributed by atoms with Crippen molar-refractivity contribution in [2.24, 2.45) is 5.92 Å². The van der Waals surface area contributed by atoms with E-state index in [1.54, 1.807) is 12.5 Å². The van der Waals surface area contributed by atoms with Gasteiger partial charge < -0.3 is 14.6 Å². The molecule has 0 bridgehead atoms. The minimum atomic E-state index is -0.0464. The summed E-state index contributed by atoms with van der Waals surface area (Å²) in [5.41, 5.74) is 2.91. The Kier molecular flexibility index (Phi) is 4.93. The van der Waals surface area contributed by atoms with Crippen molar-refractivity contribution >= 4 is 16.9 Å². The molecule has 1 amide bonds. The Morgan fingerprint density at radius 3 is 2.88 bits per heavy atom. The van der Waals surface area contributed by atoms with Crippen LogP contribution in [-0.2, 0) is 16.1 Å². The van der Waals surface area contributed by atoms with Crippen molar-refractivity contribution in [2.45, 2.75) is 25.4 Å². The van der Waals surface area contributed by atoms with Gasteiger partial charge >= 0.3 is 0 Å². The second-order valence-corrected chi connectivity index (χ2v) is 6.64. The van der Waals surface area contributed by atoms with Crippen LogP contribution in [0.4, 0.5) is 0 Å². The predicted molar refractivity (Wildman–Crippen MR) is 98.4 cm³/mol. The van der Waals surface area contributed by atoms with Gasteiger partial charge in [0.15, 0.2) is 0 Å². The molecule has 1 N–H and O–H groups in total. The van der Waals surface area contributed by atoms with Crippen LogP contribution >= 0.6 is 0 Å². The maximum atomic E-state index is 12.8. The molecule has 2 aromatic heterocycles. The number of ether oxygens (including phenoxy) is 1. The van der Waals surface area contributed by atoms with E-state index in [0.29, 0.717) is 5.92 Å². The Morgan fingerprint density at radius 2 is 2.08 bits per heavy atom. The highest BCUT2D eigenvalue weighted by Crippen LogP contribution is 2.29. The maximum Gasteiger partial charge on any atom is 0.240 e. The first-order chi connectivity index (χ1) is 12.8. The number of imidazole rings is 1. The zero-order chi connectivity index (χ0) is 17.8. The molecule has 0 saturated carbocycles. The Morgan fingerprint density at radius 1 is 1.23 bits per heavy atom. The van der Waals surface area contributed by atoms with Gasteiger partial charge in [0, 0.05) is 25.6 Å². The molecular formula is C20H22N4O2. The molecule has 1 saturated heterocycles. The lowest BCUT2D eigenvalue weighted by molar-refractivity contribution is -0.123. The number of rotatable bonds is 5. The third-order valence-corrected chi connectivity index (χ3v) is 4.94. The summed E-state index contributed by atoms with van der Waals surface area (Å²) in [6.07, 6.45) is 7.19. The largest absolute Gasteiger partial charge is 0.381 e. The van der Waals surface area contributed by atoms with E-state index in [0.717, 1.165) is 42.7 Å². The van der Waals surface area contributed by atoms with Gasteiger partial charge in [-0.1, -0.05) is 18.2 Å². The first kappa shape index (κ1) is 16.7. The Balaban J connectivity index is 1.52. The lowest BCUT2D eigenvalue weighted by Crippen LogP contribution is -2.37. The van der Waals surface area contributed by atoms with Crippen LogP contribution in [0.2, 0.25) is 0 Å². The molecule has 3 aromatic rings. The second-order valence-electron chi connectivity index (χ2n) is 6.64. The van der Waals surface area contributed by atoms with Crippen molar-refractivity contribution < 1.29 is 9.53 Å². The van der Waals surface area contributed by atoms with Gasteiger partial charge in [-0.05, 0) is 42.5 Å². The molecule has 1 fully saturated rings. The van der Waals surface area contributed by atoms with Crippen molar-refractivity contribution in [3.8, 4) is 0 Å². The summed E-state index contributed by atoms with van der Waals surface area (Å²) in [6.45, 7) is 1.73. The standard InChI is InChI=1S/C20H22N4O2/c25-19(13-24-14-22-17-5-1-2-6-18(17)24)23-20(15-7-10-26-11-8-15)16-4-3-9-21-12-16/h1-6,9,12,14-15,20H,7-8,10-11,13H2,(H,23,25). The van der Waals surface area contributed by atoms with Crippen molar-refractivity contribution in [1.29, 1.82) is 0 Å². The number of carbonyl (C=O) groups is 1. The van der Waals surface area contributed by atoms with Crippen LogP contribution < -0.4 is 5.32 Å². The van der Waals surface area contributed by atoms with Crippen LogP contribution in [0.1, 0.15) is 24.4 Å². The normalized spacial score (nSPS) is 16.5. The van der Waals surface area contributed by atoms with Crippen molar-refractivity contribution in [3.63, 3.8) is 0 Å². The SMILES string of the molecule is O=C(Cn1cnc2ccccc21)NC(c1cccnc1)C1CCOCC1. The molecule has 26 heavy (non-hydrogen) atoms. The van der Waals surface area contributed by atoms with E-state index in [4.69, 9.17) is 4.74 Å². The van der Waals surface area contributed by atoms with Gasteiger partial charge in [0.25, 0.3) is 0 Å². The monoisotopic (exact) mass is 350 g/mol. The average Bonchev–Trinajstić information content (AvgIpc) is 3.10. The molecule has 0 aliphatic carbocycles. The highest BCUT2D eigenvalue weighted by molar-refractivity contribution is 5.80. The minimum Gasteiger partial charge on any atom is -0.381 e. The molecule has 1 aliphatic rings. The Labute approximate surface area is 152 Å². The number of nitrogens with zero attached hydrogens (tertiary/aromatic N) is 3. The third-order valence-electron chi connectivity index (χ3n) is 4.94. The summed E-state index contributed by atoms with van der Waals surface area (Å²) in [4.78, 5) is 21.4. The first-order valence-electron chi connectivity index (χ1n) is 8.98. The van der Waals surface area contributed by atoms with Gasteiger partial charge in [-0.25, -0.2) is 4.98 Å². The number of nitrogens with one attached hydrogen (secondary N) is 1. The molecule has 0 spiro atoms. The summed E-state index contributed by atoms with van der Waals surface area (Å²) in [5, 5.41) is 3.22. The van der Waals surface area contributed by atoms with Crippen LogP contribution in [0.5, 0.6) is 0 Å². The van der Waals surface area contributed by atoms with Crippen molar-refractivity contribution in [3.05, 3.63) is 60.7 Å².